The standard InChI is InChI=1S/C17H16F3N3O2/c1-16(2)12-6-4-5-10(15(24)25-3)11(12)9-23(16)14-8-21-13(7-22-14)17(18,19)20/h4-8H,9H2,1-3H3. The zero-order valence-corrected chi connectivity index (χ0v) is 13.9. The van der Waals surface area contributed by atoms with Gasteiger partial charge in [-0.25, -0.2) is 14.8 Å². The number of halogens is 3. The molecular formula is C17H16F3N3O2. The van der Waals surface area contributed by atoms with Gasteiger partial charge in [0.05, 0.1) is 30.6 Å². The van der Waals surface area contributed by atoms with Crippen molar-refractivity contribution in [3.8, 4) is 0 Å². The lowest BCUT2D eigenvalue weighted by Gasteiger charge is -2.33. The van der Waals surface area contributed by atoms with Crippen molar-refractivity contribution in [3.05, 3.63) is 53.0 Å². The number of carbonyl (C=O) groups excluding carboxylic acids is 1. The molecule has 0 fully saturated rings. The summed E-state index contributed by atoms with van der Waals surface area (Å²) in [6.07, 6.45) is -2.71. The quantitative estimate of drug-likeness (QED) is 0.775. The van der Waals surface area contributed by atoms with Crippen molar-refractivity contribution >= 4 is 11.8 Å². The molecule has 0 atom stereocenters. The van der Waals surface area contributed by atoms with Crippen LogP contribution in [0.2, 0.25) is 0 Å². The predicted molar refractivity (Wildman–Crippen MR) is 84.0 cm³/mol. The average molecular weight is 351 g/mol. The predicted octanol–water partition coefficient (Wildman–Crippen LogP) is 3.54. The maximum atomic E-state index is 12.7. The molecule has 5 nitrogen and oxygen atoms in total. The largest absolute Gasteiger partial charge is 0.465 e. The van der Waals surface area contributed by atoms with E-state index in [0.717, 1.165) is 23.5 Å². The van der Waals surface area contributed by atoms with Crippen LogP contribution in [0.1, 0.15) is 41.0 Å². The third kappa shape index (κ3) is 2.81. The Kier molecular flexibility index (Phi) is 3.93. The molecule has 1 aromatic carbocycles. The monoisotopic (exact) mass is 351 g/mol. The number of methoxy groups -OCH3 is 1. The van der Waals surface area contributed by atoms with Gasteiger partial charge >= 0.3 is 12.1 Å². The van der Waals surface area contributed by atoms with Crippen LogP contribution >= 0.6 is 0 Å². The first-order chi connectivity index (χ1) is 11.7. The van der Waals surface area contributed by atoms with E-state index in [1.54, 1.807) is 12.1 Å². The van der Waals surface area contributed by atoms with Gasteiger partial charge in [-0.05, 0) is 31.0 Å². The van der Waals surface area contributed by atoms with Gasteiger partial charge in [-0.2, -0.15) is 13.2 Å². The Morgan fingerprint density at radius 1 is 1.24 bits per heavy atom. The van der Waals surface area contributed by atoms with Crippen LogP contribution in [0, 0.1) is 0 Å². The van der Waals surface area contributed by atoms with E-state index < -0.39 is 23.4 Å². The van der Waals surface area contributed by atoms with Gasteiger partial charge in [0, 0.05) is 6.54 Å². The molecule has 0 spiro atoms. The molecule has 1 aromatic heterocycles. The highest BCUT2D eigenvalue weighted by atomic mass is 19.4. The first kappa shape index (κ1) is 17.2. The average Bonchev–Trinajstić information content (AvgIpc) is 2.85. The number of anilines is 1. The van der Waals surface area contributed by atoms with Crippen molar-refractivity contribution in [1.29, 1.82) is 0 Å². The van der Waals surface area contributed by atoms with Crippen molar-refractivity contribution in [2.24, 2.45) is 0 Å². The Morgan fingerprint density at radius 3 is 2.52 bits per heavy atom. The normalized spacial score (nSPS) is 15.8. The van der Waals surface area contributed by atoms with E-state index >= 15 is 0 Å². The lowest BCUT2D eigenvalue weighted by atomic mass is 9.91. The summed E-state index contributed by atoms with van der Waals surface area (Å²) in [6.45, 7) is 4.16. The SMILES string of the molecule is COC(=O)c1cccc2c1CN(c1cnc(C(F)(F)F)cn1)C2(C)C. The summed E-state index contributed by atoms with van der Waals surface area (Å²) in [7, 11) is 1.31. The van der Waals surface area contributed by atoms with Crippen LogP contribution in [0.3, 0.4) is 0 Å². The molecule has 1 aliphatic rings. The number of hydrogen-bond acceptors (Lipinski definition) is 5. The first-order valence-electron chi connectivity index (χ1n) is 7.54. The van der Waals surface area contributed by atoms with Gasteiger partial charge in [0.2, 0.25) is 0 Å². The van der Waals surface area contributed by atoms with Gasteiger partial charge in [-0.15, -0.1) is 0 Å². The fourth-order valence-corrected chi connectivity index (χ4v) is 3.11. The minimum atomic E-state index is -4.53. The van der Waals surface area contributed by atoms with E-state index in [9.17, 15) is 18.0 Å². The Labute approximate surface area is 142 Å². The molecule has 0 saturated carbocycles. The Morgan fingerprint density at radius 2 is 1.96 bits per heavy atom. The third-order valence-corrected chi connectivity index (χ3v) is 4.44. The maximum absolute atomic E-state index is 12.7. The maximum Gasteiger partial charge on any atom is 0.434 e. The number of aromatic nitrogens is 2. The van der Waals surface area contributed by atoms with Crippen LogP contribution in [0.4, 0.5) is 19.0 Å². The van der Waals surface area contributed by atoms with Crippen molar-refractivity contribution < 1.29 is 22.7 Å². The van der Waals surface area contributed by atoms with Gasteiger partial charge in [0.15, 0.2) is 5.69 Å². The molecule has 8 heteroatoms. The zero-order chi connectivity index (χ0) is 18.4. The number of carbonyl (C=O) groups is 1. The summed E-state index contributed by atoms with van der Waals surface area (Å²) in [5.41, 5.74) is 0.517. The molecule has 2 heterocycles. The van der Waals surface area contributed by atoms with Crippen LogP contribution in [0.15, 0.2) is 30.6 Å². The fourth-order valence-electron chi connectivity index (χ4n) is 3.11. The van der Waals surface area contributed by atoms with Crippen molar-refractivity contribution in [3.63, 3.8) is 0 Å². The summed E-state index contributed by atoms with van der Waals surface area (Å²) in [5.74, 6) is -0.141. The molecule has 0 saturated heterocycles. The second-order valence-corrected chi connectivity index (χ2v) is 6.23. The molecule has 0 radical (unpaired) electrons. The highest BCUT2D eigenvalue weighted by Crippen LogP contribution is 2.42. The Hall–Kier alpha value is -2.64. The third-order valence-electron chi connectivity index (χ3n) is 4.44. The number of esters is 1. The topological polar surface area (TPSA) is 55.3 Å². The second kappa shape index (κ2) is 5.72. The van der Waals surface area contributed by atoms with E-state index in [1.807, 2.05) is 24.8 Å². The molecule has 0 amide bonds. The molecule has 25 heavy (non-hydrogen) atoms. The smallest absolute Gasteiger partial charge is 0.434 e. The summed E-state index contributed by atoms with van der Waals surface area (Å²) in [4.78, 5) is 21.2. The minimum Gasteiger partial charge on any atom is -0.465 e. The minimum absolute atomic E-state index is 0.310. The number of benzene rings is 1. The molecular weight excluding hydrogens is 335 g/mol. The molecule has 132 valence electrons. The molecule has 0 bridgehead atoms. The zero-order valence-electron chi connectivity index (χ0n) is 13.9. The van der Waals surface area contributed by atoms with Gasteiger partial charge < -0.3 is 9.64 Å². The number of alkyl halides is 3. The number of hydrogen-bond donors (Lipinski definition) is 0. The lowest BCUT2D eigenvalue weighted by molar-refractivity contribution is -0.141. The van der Waals surface area contributed by atoms with E-state index in [0.29, 0.717) is 17.9 Å². The Bertz CT molecular complexity index is 817. The number of rotatable bonds is 2. The summed E-state index contributed by atoms with van der Waals surface area (Å²) >= 11 is 0. The van der Waals surface area contributed by atoms with Gasteiger partial charge in [0.25, 0.3) is 0 Å². The number of fused-ring (bicyclic) bond motifs is 1. The summed E-state index contributed by atoms with van der Waals surface area (Å²) in [5, 5.41) is 0. The van der Waals surface area contributed by atoms with Crippen LogP contribution in [0.25, 0.3) is 0 Å². The molecule has 1 aliphatic heterocycles. The van der Waals surface area contributed by atoms with E-state index in [4.69, 9.17) is 4.74 Å². The van der Waals surface area contributed by atoms with Crippen molar-refractivity contribution in [2.45, 2.75) is 32.1 Å². The highest BCUT2D eigenvalue weighted by molar-refractivity contribution is 5.92. The van der Waals surface area contributed by atoms with E-state index in [1.165, 1.54) is 7.11 Å². The Balaban J connectivity index is 2.01. The molecule has 0 aliphatic carbocycles. The summed E-state index contributed by atoms with van der Waals surface area (Å²) < 4.78 is 42.8. The molecule has 0 unspecified atom stereocenters. The van der Waals surface area contributed by atoms with E-state index in [-0.39, 0.29) is 0 Å². The fraction of sp³-hybridized carbons (Fsp3) is 0.353. The van der Waals surface area contributed by atoms with Gasteiger partial charge in [-0.1, -0.05) is 12.1 Å². The van der Waals surface area contributed by atoms with Gasteiger partial charge in [0.1, 0.15) is 5.82 Å². The van der Waals surface area contributed by atoms with E-state index in [2.05, 4.69) is 9.97 Å². The molecule has 3 rings (SSSR count). The van der Waals surface area contributed by atoms with Crippen LogP contribution in [-0.2, 0) is 23.0 Å². The van der Waals surface area contributed by atoms with Crippen LogP contribution < -0.4 is 4.90 Å². The molecule has 0 N–H and O–H groups in total. The van der Waals surface area contributed by atoms with Crippen molar-refractivity contribution in [1.82, 2.24) is 9.97 Å². The lowest BCUT2D eigenvalue weighted by Crippen LogP contribution is -2.36. The first-order valence-corrected chi connectivity index (χ1v) is 7.54. The second-order valence-electron chi connectivity index (χ2n) is 6.23. The van der Waals surface area contributed by atoms with Crippen LogP contribution in [0.5, 0.6) is 0 Å². The number of ether oxygens (including phenoxy) is 1. The highest BCUT2D eigenvalue weighted by Gasteiger charge is 2.41. The van der Waals surface area contributed by atoms with Crippen LogP contribution in [-0.4, -0.2) is 23.0 Å². The molecule has 2 aromatic rings. The summed E-state index contributed by atoms with van der Waals surface area (Å²) in [6, 6.07) is 5.32. The van der Waals surface area contributed by atoms with Gasteiger partial charge in [-0.3, -0.25) is 0 Å². The van der Waals surface area contributed by atoms with Crippen molar-refractivity contribution in [2.75, 3.05) is 12.0 Å². The number of nitrogens with zero attached hydrogens (tertiary/aromatic N) is 3.